The molecule has 1 N–H and O–H groups in total. The number of para-hydroxylation sites is 1. The molecule has 0 radical (unpaired) electrons. The zero-order valence-corrected chi connectivity index (χ0v) is 11.6. The van der Waals surface area contributed by atoms with Crippen molar-refractivity contribution in [1.29, 1.82) is 0 Å². The first kappa shape index (κ1) is 13.6. The Bertz CT molecular complexity index is 841. The summed E-state index contributed by atoms with van der Waals surface area (Å²) >= 11 is 5.89. The normalized spacial score (nSPS) is 11.0. The van der Waals surface area contributed by atoms with Gasteiger partial charge in [0.15, 0.2) is 0 Å². The largest absolute Gasteiger partial charge is 0.477 e. The minimum absolute atomic E-state index is 0.113. The Morgan fingerprint density at radius 1 is 1.19 bits per heavy atom. The van der Waals surface area contributed by atoms with Gasteiger partial charge in [0.1, 0.15) is 11.5 Å². The van der Waals surface area contributed by atoms with Gasteiger partial charge in [0.2, 0.25) is 0 Å². The van der Waals surface area contributed by atoms with Gasteiger partial charge in [0.25, 0.3) is 0 Å². The minimum atomic E-state index is -1.05. The Morgan fingerprint density at radius 3 is 2.71 bits per heavy atom. The molecular formula is C16H11ClFNO2. The standard InChI is InChI=1S/C16H11ClFNO2/c17-12-5-6-13(18)11(7-12)9-19-14-4-2-1-3-10(14)8-15(19)16(20)21/h1-8H,9H2,(H,20,21). The van der Waals surface area contributed by atoms with Crippen LogP contribution in [0.3, 0.4) is 0 Å². The number of hydrogen-bond donors (Lipinski definition) is 1. The maximum atomic E-state index is 13.9. The summed E-state index contributed by atoms with van der Waals surface area (Å²) < 4.78 is 15.5. The average molecular weight is 304 g/mol. The summed E-state index contributed by atoms with van der Waals surface area (Å²) in [4.78, 5) is 11.4. The van der Waals surface area contributed by atoms with E-state index in [0.717, 1.165) is 10.9 Å². The molecule has 3 nitrogen and oxygen atoms in total. The Labute approximate surface area is 125 Å². The van der Waals surface area contributed by atoms with Crippen molar-refractivity contribution in [2.24, 2.45) is 0 Å². The van der Waals surface area contributed by atoms with E-state index >= 15 is 0 Å². The molecule has 3 rings (SSSR count). The van der Waals surface area contributed by atoms with Crippen LogP contribution in [0.15, 0.2) is 48.5 Å². The number of rotatable bonds is 3. The van der Waals surface area contributed by atoms with Crippen molar-refractivity contribution in [1.82, 2.24) is 4.57 Å². The molecule has 0 saturated carbocycles. The predicted molar refractivity (Wildman–Crippen MR) is 79.4 cm³/mol. The summed E-state index contributed by atoms with van der Waals surface area (Å²) in [7, 11) is 0. The van der Waals surface area contributed by atoms with Gasteiger partial charge in [-0.05, 0) is 30.3 Å². The molecule has 0 spiro atoms. The lowest BCUT2D eigenvalue weighted by molar-refractivity contribution is 0.0686. The topological polar surface area (TPSA) is 42.2 Å². The van der Waals surface area contributed by atoms with Crippen molar-refractivity contribution >= 4 is 28.5 Å². The van der Waals surface area contributed by atoms with Crippen LogP contribution in [0.1, 0.15) is 16.1 Å². The molecule has 0 saturated heterocycles. The summed E-state index contributed by atoms with van der Waals surface area (Å²) in [5.41, 5.74) is 1.22. The fourth-order valence-corrected chi connectivity index (χ4v) is 2.59. The number of halogens is 2. The van der Waals surface area contributed by atoms with Crippen molar-refractivity contribution in [3.8, 4) is 0 Å². The lowest BCUT2D eigenvalue weighted by Crippen LogP contribution is -2.10. The second kappa shape index (κ2) is 5.22. The van der Waals surface area contributed by atoms with Crippen LogP contribution in [0.4, 0.5) is 4.39 Å². The number of hydrogen-bond acceptors (Lipinski definition) is 1. The summed E-state index contributed by atoms with van der Waals surface area (Å²) in [6.07, 6.45) is 0. The van der Waals surface area contributed by atoms with E-state index in [1.54, 1.807) is 10.6 Å². The minimum Gasteiger partial charge on any atom is -0.477 e. The van der Waals surface area contributed by atoms with Crippen molar-refractivity contribution < 1.29 is 14.3 Å². The SMILES string of the molecule is O=C(O)c1cc2ccccc2n1Cc1cc(Cl)ccc1F. The van der Waals surface area contributed by atoms with Gasteiger partial charge < -0.3 is 9.67 Å². The van der Waals surface area contributed by atoms with Crippen LogP contribution in [0, 0.1) is 5.82 Å². The van der Waals surface area contributed by atoms with E-state index in [4.69, 9.17) is 11.6 Å². The van der Waals surface area contributed by atoms with E-state index in [0.29, 0.717) is 10.6 Å². The Morgan fingerprint density at radius 2 is 1.95 bits per heavy atom. The molecular weight excluding hydrogens is 293 g/mol. The maximum absolute atomic E-state index is 13.9. The first-order valence-corrected chi connectivity index (χ1v) is 6.69. The highest BCUT2D eigenvalue weighted by atomic mass is 35.5. The first-order chi connectivity index (χ1) is 10.1. The zero-order valence-electron chi connectivity index (χ0n) is 10.9. The third-order valence-corrected chi connectivity index (χ3v) is 3.60. The molecule has 0 fully saturated rings. The van der Waals surface area contributed by atoms with Crippen molar-refractivity contribution in [2.45, 2.75) is 6.54 Å². The van der Waals surface area contributed by atoms with E-state index in [1.807, 2.05) is 24.3 Å². The average Bonchev–Trinajstić information content (AvgIpc) is 2.82. The number of carbonyl (C=O) groups is 1. The Kier molecular flexibility index (Phi) is 3.39. The van der Waals surface area contributed by atoms with Gasteiger partial charge in [-0.25, -0.2) is 9.18 Å². The lowest BCUT2D eigenvalue weighted by Gasteiger charge is -2.10. The molecule has 2 aromatic carbocycles. The molecule has 0 unspecified atom stereocenters. The molecule has 0 bridgehead atoms. The number of carboxylic acids is 1. The first-order valence-electron chi connectivity index (χ1n) is 6.32. The molecule has 0 aliphatic heterocycles. The molecule has 5 heteroatoms. The highest BCUT2D eigenvalue weighted by molar-refractivity contribution is 6.30. The van der Waals surface area contributed by atoms with E-state index in [-0.39, 0.29) is 12.2 Å². The van der Waals surface area contributed by atoms with Crippen LogP contribution in [0.2, 0.25) is 5.02 Å². The van der Waals surface area contributed by atoms with Gasteiger partial charge in [-0.3, -0.25) is 0 Å². The Balaban J connectivity index is 2.17. The quantitative estimate of drug-likeness (QED) is 0.788. The number of fused-ring (bicyclic) bond motifs is 1. The molecule has 0 amide bonds. The van der Waals surface area contributed by atoms with Crippen molar-refractivity contribution in [2.75, 3.05) is 0 Å². The number of nitrogens with zero attached hydrogens (tertiary/aromatic N) is 1. The van der Waals surface area contributed by atoms with Crippen LogP contribution in [0.25, 0.3) is 10.9 Å². The molecule has 21 heavy (non-hydrogen) atoms. The van der Waals surface area contributed by atoms with Crippen molar-refractivity contribution in [3.05, 3.63) is 70.6 Å². The van der Waals surface area contributed by atoms with Gasteiger partial charge in [0, 0.05) is 21.5 Å². The fraction of sp³-hybridized carbons (Fsp3) is 0.0625. The van der Waals surface area contributed by atoms with Crippen LogP contribution in [0.5, 0.6) is 0 Å². The summed E-state index contributed by atoms with van der Waals surface area (Å²) in [6.45, 7) is 0.113. The van der Waals surface area contributed by atoms with E-state index in [9.17, 15) is 14.3 Å². The van der Waals surface area contributed by atoms with Gasteiger partial charge in [-0.2, -0.15) is 0 Å². The molecule has 106 valence electrons. The maximum Gasteiger partial charge on any atom is 0.352 e. The monoisotopic (exact) mass is 303 g/mol. The second-order valence-electron chi connectivity index (χ2n) is 4.72. The van der Waals surface area contributed by atoms with Gasteiger partial charge >= 0.3 is 5.97 Å². The van der Waals surface area contributed by atoms with Gasteiger partial charge in [-0.15, -0.1) is 0 Å². The number of carboxylic acid groups (broad SMARTS) is 1. The fourth-order valence-electron chi connectivity index (χ4n) is 2.39. The summed E-state index contributed by atoms with van der Waals surface area (Å²) in [5.74, 6) is -1.46. The van der Waals surface area contributed by atoms with Gasteiger partial charge in [0.05, 0.1) is 6.54 Å². The second-order valence-corrected chi connectivity index (χ2v) is 5.15. The highest BCUT2D eigenvalue weighted by Crippen LogP contribution is 2.23. The number of aromatic nitrogens is 1. The molecule has 1 aromatic heterocycles. The van der Waals surface area contributed by atoms with Crippen LogP contribution < -0.4 is 0 Å². The van der Waals surface area contributed by atoms with E-state index in [2.05, 4.69) is 0 Å². The van der Waals surface area contributed by atoms with Crippen LogP contribution in [-0.2, 0) is 6.54 Å². The van der Waals surface area contributed by atoms with Crippen LogP contribution >= 0.6 is 11.6 Å². The number of benzene rings is 2. The lowest BCUT2D eigenvalue weighted by atomic mass is 10.2. The van der Waals surface area contributed by atoms with Crippen LogP contribution in [-0.4, -0.2) is 15.6 Å². The molecule has 1 heterocycles. The molecule has 0 aliphatic rings. The van der Waals surface area contributed by atoms with E-state index in [1.165, 1.54) is 18.2 Å². The van der Waals surface area contributed by atoms with E-state index < -0.39 is 11.8 Å². The smallest absolute Gasteiger partial charge is 0.352 e. The summed E-state index contributed by atoms with van der Waals surface area (Å²) in [5, 5.41) is 10.5. The predicted octanol–water partition coefficient (Wildman–Crippen LogP) is 4.18. The highest BCUT2D eigenvalue weighted by Gasteiger charge is 2.16. The Hall–Kier alpha value is -2.33. The summed E-state index contributed by atoms with van der Waals surface area (Å²) in [6, 6.07) is 13.1. The third kappa shape index (κ3) is 2.50. The molecule has 0 atom stereocenters. The molecule has 3 aromatic rings. The van der Waals surface area contributed by atoms with Gasteiger partial charge in [-0.1, -0.05) is 29.8 Å². The third-order valence-electron chi connectivity index (χ3n) is 3.37. The van der Waals surface area contributed by atoms with Crippen molar-refractivity contribution in [3.63, 3.8) is 0 Å². The molecule has 0 aliphatic carbocycles. The zero-order chi connectivity index (χ0) is 15.0. The number of aromatic carboxylic acids is 1.